The Morgan fingerprint density at radius 3 is 2.32 bits per heavy atom. The van der Waals surface area contributed by atoms with E-state index >= 15 is 0 Å². The van der Waals surface area contributed by atoms with Crippen molar-refractivity contribution >= 4 is 29.0 Å². The molecule has 0 bridgehead atoms. The molecular formula is C20H24ClN3O. The number of urea groups is 1. The lowest BCUT2D eigenvalue weighted by molar-refractivity contribution is 0.208. The second kappa shape index (κ2) is 7.79. The van der Waals surface area contributed by atoms with Gasteiger partial charge in [0.15, 0.2) is 0 Å². The molecule has 5 heteroatoms. The maximum atomic E-state index is 12.5. The molecular weight excluding hydrogens is 334 g/mol. The van der Waals surface area contributed by atoms with E-state index in [0.717, 1.165) is 29.5 Å². The highest BCUT2D eigenvalue weighted by Gasteiger charge is 2.21. The van der Waals surface area contributed by atoms with Gasteiger partial charge in [-0.05, 0) is 41.8 Å². The van der Waals surface area contributed by atoms with Gasteiger partial charge in [0.05, 0.1) is 0 Å². The van der Waals surface area contributed by atoms with Gasteiger partial charge in [0.2, 0.25) is 0 Å². The molecule has 0 atom stereocenters. The summed E-state index contributed by atoms with van der Waals surface area (Å²) in [6.45, 7) is 7.32. The second-order valence-corrected chi connectivity index (χ2v) is 7.10. The first-order chi connectivity index (χ1) is 12.0. The maximum Gasteiger partial charge on any atom is 0.321 e. The van der Waals surface area contributed by atoms with Crippen molar-refractivity contribution in [3.05, 3.63) is 59.1 Å². The zero-order valence-corrected chi connectivity index (χ0v) is 15.5. The third-order valence-electron chi connectivity index (χ3n) is 4.57. The molecule has 132 valence electrons. The van der Waals surface area contributed by atoms with Crippen LogP contribution in [0, 0.1) is 0 Å². The molecule has 1 aliphatic heterocycles. The summed E-state index contributed by atoms with van der Waals surface area (Å²) in [5.41, 5.74) is 3.22. The van der Waals surface area contributed by atoms with Gasteiger partial charge in [-0.3, -0.25) is 0 Å². The molecule has 1 heterocycles. The Kier molecular flexibility index (Phi) is 5.49. The van der Waals surface area contributed by atoms with Crippen molar-refractivity contribution in [2.45, 2.75) is 19.8 Å². The van der Waals surface area contributed by atoms with E-state index in [1.54, 1.807) is 0 Å². The zero-order chi connectivity index (χ0) is 17.8. The van der Waals surface area contributed by atoms with Crippen LogP contribution in [0.15, 0.2) is 48.5 Å². The third kappa shape index (κ3) is 4.45. The summed E-state index contributed by atoms with van der Waals surface area (Å²) in [6, 6.07) is 15.9. The second-order valence-electron chi connectivity index (χ2n) is 6.66. The van der Waals surface area contributed by atoms with Crippen molar-refractivity contribution in [1.82, 2.24) is 4.90 Å². The average Bonchev–Trinajstić information content (AvgIpc) is 2.62. The molecule has 3 rings (SSSR count). The van der Waals surface area contributed by atoms with Crippen LogP contribution in [-0.2, 0) is 0 Å². The Morgan fingerprint density at radius 2 is 1.72 bits per heavy atom. The molecule has 1 saturated heterocycles. The minimum Gasteiger partial charge on any atom is -0.368 e. The summed E-state index contributed by atoms with van der Waals surface area (Å²) in [6.07, 6.45) is 0. The van der Waals surface area contributed by atoms with Crippen LogP contribution in [0.4, 0.5) is 16.2 Å². The van der Waals surface area contributed by atoms with Gasteiger partial charge in [0, 0.05) is 42.6 Å². The number of halogens is 1. The number of amides is 2. The Hall–Kier alpha value is -2.20. The number of benzene rings is 2. The number of hydrogen-bond acceptors (Lipinski definition) is 2. The number of carbonyl (C=O) groups excluding carboxylic acids is 1. The highest BCUT2D eigenvalue weighted by atomic mass is 35.5. The summed E-state index contributed by atoms with van der Waals surface area (Å²) in [5.74, 6) is 0.490. The highest BCUT2D eigenvalue weighted by molar-refractivity contribution is 6.30. The van der Waals surface area contributed by atoms with Crippen LogP contribution in [0.3, 0.4) is 0 Å². The fourth-order valence-electron chi connectivity index (χ4n) is 2.99. The highest BCUT2D eigenvalue weighted by Crippen LogP contribution is 2.21. The molecule has 2 aromatic carbocycles. The lowest BCUT2D eigenvalue weighted by atomic mass is 10.0. The third-order valence-corrected chi connectivity index (χ3v) is 4.80. The summed E-state index contributed by atoms with van der Waals surface area (Å²) in [7, 11) is 0. The van der Waals surface area contributed by atoms with E-state index in [1.807, 2.05) is 35.2 Å². The van der Waals surface area contributed by atoms with Crippen molar-refractivity contribution < 1.29 is 4.79 Å². The molecule has 4 nitrogen and oxygen atoms in total. The number of anilines is 2. The van der Waals surface area contributed by atoms with Crippen molar-refractivity contribution in [3.63, 3.8) is 0 Å². The Balaban J connectivity index is 1.54. The van der Waals surface area contributed by atoms with E-state index in [1.165, 1.54) is 5.56 Å². The quantitative estimate of drug-likeness (QED) is 0.854. The minimum absolute atomic E-state index is 0.0389. The summed E-state index contributed by atoms with van der Waals surface area (Å²) in [5, 5.41) is 3.73. The van der Waals surface area contributed by atoms with Crippen molar-refractivity contribution in [1.29, 1.82) is 0 Å². The number of piperazine rings is 1. The number of rotatable bonds is 3. The maximum absolute atomic E-state index is 12.5. The fourth-order valence-corrected chi connectivity index (χ4v) is 3.18. The molecule has 1 N–H and O–H groups in total. The molecule has 2 aromatic rings. The average molecular weight is 358 g/mol. The van der Waals surface area contributed by atoms with Crippen LogP contribution in [-0.4, -0.2) is 37.1 Å². The van der Waals surface area contributed by atoms with Crippen LogP contribution in [0.2, 0.25) is 5.02 Å². The molecule has 0 aliphatic carbocycles. The van der Waals surface area contributed by atoms with Crippen LogP contribution >= 0.6 is 11.6 Å². The van der Waals surface area contributed by atoms with Crippen LogP contribution in [0.1, 0.15) is 25.3 Å². The standard InChI is InChI=1S/C20H24ClN3O/c1-15(2)16-6-8-18(9-7-16)22-20(25)24-12-10-23(11-13-24)19-5-3-4-17(21)14-19/h3-9,14-15H,10-13H2,1-2H3,(H,22,25). The first-order valence-electron chi connectivity index (χ1n) is 8.69. The fraction of sp³-hybridized carbons (Fsp3) is 0.350. The first kappa shape index (κ1) is 17.6. The zero-order valence-electron chi connectivity index (χ0n) is 14.7. The number of nitrogens with one attached hydrogen (secondary N) is 1. The molecule has 25 heavy (non-hydrogen) atoms. The first-order valence-corrected chi connectivity index (χ1v) is 9.07. The van der Waals surface area contributed by atoms with Gasteiger partial charge in [0.25, 0.3) is 0 Å². The molecule has 0 radical (unpaired) electrons. The summed E-state index contributed by atoms with van der Waals surface area (Å²) in [4.78, 5) is 16.6. The van der Waals surface area contributed by atoms with Crippen LogP contribution < -0.4 is 10.2 Å². The van der Waals surface area contributed by atoms with Crippen molar-refractivity contribution in [3.8, 4) is 0 Å². The molecule has 0 saturated carbocycles. The Labute approximate surface area is 154 Å². The normalized spacial score (nSPS) is 14.7. The molecule has 0 aromatic heterocycles. The predicted molar refractivity (Wildman–Crippen MR) is 105 cm³/mol. The number of carbonyl (C=O) groups is 1. The largest absolute Gasteiger partial charge is 0.368 e. The van der Waals surface area contributed by atoms with Crippen molar-refractivity contribution in [2.24, 2.45) is 0 Å². The SMILES string of the molecule is CC(C)c1ccc(NC(=O)N2CCN(c3cccc(Cl)c3)CC2)cc1. The van der Waals surface area contributed by atoms with E-state index in [9.17, 15) is 4.79 Å². The van der Waals surface area contributed by atoms with Gasteiger partial charge in [-0.25, -0.2) is 4.79 Å². The Bertz CT molecular complexity index is 722. The van der Waals surface area contributed by atoms with Gasteiger partial charge in [-0.1, -0.05) is 43.6 Å². The molecule has 1 aliphatic rings. The Morgan fingerprint density at radius 1 is 1.04 bits per heavy atom. The summed E-state index contributed by atoms with van der Waals surface area (Å²) >= 11 is 6.06. The van der Waals surface area contributed by atoms with Gasteiger partial charge >= 0.3 is 6.03 Å². The molecule has 2 amide bonds. The molecule has 1 fully saturated rings. The van der Waals surface area contributed by atoms with E-state index < -0.39 is 0 Å². The summed E-state index contributed by atoms with van der Waals surface area (Å²) < 4.78 is 0. The van der Waals surface area contributed by atoms with Gasteiger partial charge in [-0.15, -0.1) is 0 Å². The van der Waals surface area contributed by atoms with Gasteiger partial charge in [0.1, 0.15) is 0 Å². The van der Waals surface area contributed by atoms with Crippen LogP contribution in [0.25, 0.3) is 0 Å². The van der Waals surface area contributed by atoms with Crippen LogP contribution in [0.5, 0.6) is 0 Å². The molecule has 0 unspecified atom stereocenters. The lowest BCUT2D eigenvalue weighted by Crippen LogP contribution is -2.50. The number of hydrogen-bond donors (Lipinski definition) is 1. The van der Waals surface area contributed by atoms with Crippen molar-refractivity contribution in [2.75, 3.05) is 36.4 Å². The minimum atomic E-state index is -0.0389. The van der Waals surface area contributed by atoms with E-state index in [2.05, 4.69) is 42.3 Å². The molecule has 0 spiro atoms. The predicted octanol–water partition coefficient (Wildman–Crippen LogP) is 4.82. The van der Waals surface area contributed by atoms with E-state index in [-0.39, 0.29) is 6.03 Å². The smallest absolute Gasteiger partial charge is 0.321 e. The van der Waals surface area contributed by atoms with Gasteiger partial charge in [-0.2, -0.15) is 0 Å². The van der Waals surface area contributed by atoms with Gasteiger partial charge < -0.3 is 15.1 Å². The van der Waals surface area contributed by atoms with E-state index in [4.69, 9.17) is 11.6 Å². The topological polar surface area (TPSA) is 35.6 Å². The number of nitrogens with zero attached hydrogens (tertiary/aromatic N) is 2. The lowest BCUT2D eigenvalue weighted by Gasteiger charge is -2.36. The monoisotopic (exact) mass is 357 g/mol. The van der Waals surface area contributed by atoms with E-state index in [0.29, 0.717) is 19.0 Å².